The molecule has 0 amide bonds. The van der Waals surface area contributed by atoms with Crippen LogP contribution < -0.4 is 5.32 Å². The lowest BCUT2D eigenvalue weighted by Gasteiger charge is -2.39. The van der Waals surface area contributed by atoms with Crippen LogP contribution in [0.3, 0.4) is 0 Å². The van der Waals surface area contributed by atoms with Crippen molar-refractivity contribution in [3.63, 3.8) is 0 Å². The average Bonchev–Trinajstić information content (AvgIpc) is 2.92. The summed E-state index contributed by atoms with van der Waals surface area (Å²) in [6, 6.07) is 0.235. The smallest absolute Gasteiger partial charge is 0.326 e. The number of hydrogen-bond acceptors (Lipinski definition) is 4. The molecule has 2 atom stereocenters. The van der Waals surface area contributed by atoms with E-state index in [1.54, 1.807) is 6.20 Å². The fourth-order valence-corrected chi connectivity index (χ4v) is 3.34. The molecule has 1 aromatic rings. The molecule has 2 unspecified atom stereocenters. The molecule has 0 saturated heterocycles. The first kappa shape index (κ1) is 16.5. The number of nitrogens with one attached hydrogen (secondary N) is 1. The van der Waals surface area contributed by atoms with Gasteiger partial charge in [0.1, 0.15) is 5.54 Å². The van der Waals surface area contributed by atoms with Crippen molar-refractivity contribution in [2.75, 3.05) is 13.2 Å². The molecular formula is C15H24BrN3O2. The first-order valence-corrected chi connectivity index (χ1v) is 8.52. The molecule has 6 heteroatoms. The molecule has 0 aromatic carbocycles. The molecule has 1 aromatic heterocycles. The van der Waals surface area contributed by atoms with E-state index in [4.69, 9.17) is 4.74 Å². The molecule has 1 saturated carbocycles. The number of rotatable bonds is 6. The van der Waals surface area contributed by atoms with Crippen molar-refractivity contribution < 1.29 is 9.53 Å². The van der Waals surface area contributed by atoms with Crippen molar-refractivity contribution in [1.82, 2.24) is 15.1 Å². The second-order valence-corrected chi connectivity index (χ2v) is 6.53. The number of aromatic nitrogens is 2. The Balaban J connectivity index is 2.17. The number of ether oxygens (including phenoxy) is 1. The molecule has 1 heterocycles. The van der Waals surface area contributed by atoms with Crippen LogP contribution in [0, 0.1) is 0 Å². The number of hydrogen-bond donors (Lipinski definition) is 1. The summed E-state index contributed by atoms with van der Waals surface area (Å²) >= 11 is 3.43. The second-order valence-electron chi connectivity index (χ2n) is 5.62. The standard InChI is InChI=1S/C15H24BrN3O2/c1-3-8-17-15(14(20)21-4-2)7-5-6-13(9-15)19-11-12(16)10-18-19/h10-11,13,17H,3-9H2,1-2H3. The zero-order valence-corrected chi connectivity index (χ0v) is 14.4. The zero-order valence-electron chi connectivity index (χ0n) is 12.8. The van der Waals surface area contributed by atoms with Crippen molar-refractivity contribution in [3.05, 3.63) is 16.9 Å². The van der Waals surface area contributed by atoms with E-state index in [1.165, 1.54) is 0 Å². The topological polar surface area (TPSA) is 56.1 Å². The third kappa shape index (κ3) is 3.86. The molecule has 0 aliphatic heterocycles. The van der Waals surface area contributed by atoms with Crippen molar-refractivity contribution in [2.45, 2.75) is 57.5 Å². The normalized spacial score (nSPS) is 25.8. The summed E-state index contributed by atoms with van der Waals surface area (Å²) in [6.45, 7) is 5.22. The second kappa shape index (κ2) is 7.40. The third-order valence-corrected chi connectivity index (χ3v) is 4.46. The van der Waals surface area contributed by atoms with E-state index in [2.05, 4.69) is 33.3 Å². The molecule has 118 valence electrons. The van der Waals surface area contributed by atoms with Crippen molar-refractivity contribution in [3.8, 4) is 0 Å². The summed E-state index contributed by atoms with van der Waals surface area (Å²) in [5.74, 6) is -0.116. The van der Waals surface area contributed by atoms with Gasteiger partial charge >= 0.3 is 5.97 Å². The molecule has 0 radical (unpaired) electrons. The van der Waals surface area contributed by atoms with Crippen LogP contribution in [0.1, 0.15) is 52.0 Å². The van der Waals surface area contributed by atoms with Gasteiger partial charge in [-0.3, -0.25) is 9.48 Å². The number of carbonyl (C=O) groups is 1. The van der Waals surface area contributed by atoms with Crippen LogP contribution in [0.4, 0.5) is 0 Å². The van der Waals surface area contributed by atoms with Gasteiger partial charge in [0.25, 0.3) is 0 Å². The van der Waals surface area contributed by atoms with Crippen molar-refractivity contribution in [2.24, 2.45) is 0 Å². The van der Waals surface area contributed by atoms with E-state index >= 15 is 0 Å². The summed E-state index contributed by atoms with van der Waals surface area (Å²) in [4.78, 5) is 12.5. The maximum atomic E-state index is 12.5. The third-order valence-electron chi connectivity index (χ3n) is 4.05. The van der Waals surface area contributed by atoms with Crippen LogP contribution in [0.5, 0.6) is 0 Å². The molecule has 1 aliphatic carbocycles. The highest BCUT2D eigenvalue weighted by atomic mass is 79.9. The van der Waals surface area contributed by atoms with Crippen molar-refractivity contribution >= 4 is 21.9 Å². The summed E-state index contributed by atoms with van der Waals surface area (Å²) < 4.78 is 8.26. The van der Waals surface area contributed by atoms with E-state index < -0.39 is 5.54 Å². The van der Waals surface area contributed by atoms with Gasteiger partial charge in [-0.05, 0) is 61.5 Å². The first-order chi connectivity index (χ1) is 10.1. The van der Waals surface area contributed by atoms with Crippen LogP contribution in [-0.4, -0.2) is 34.4 Å². The van der Waals surface area contributed by atoms with Gasteiger partial charge in [-0.15, -0.1) is 0 Å². The van der Waals surface area contributed by atoms with Crippen LogP contribution in [-0.2, 0) is 9.53 Å². The summed E-state index contributed by atoms with van der Waals surface area (Å²) in [6.07, 6.45) is 8.39. The summed E-state index contributed by atoms with van der Waals surface area (Å²) in [5, 5.41) is 7.83. The predicted molar refractivity (Wildman–Crippen MR) is 85.1 cm³/mol. The van der Waals surface area contributed by atoms with Gasteiger partial charge < -0.3 is 10.1 Å². The molecule has 1 N–H and O–H groups in total. The lowest BCUT2D eigenvalue weighted by molar-refractivity contribution is -0.153. The molecule has 5 nitrogen and oxygen atoms in total. The van der Waals surface area contributed by atoms with Crippen LogP contribution in [0.15, 0.2) is 16.9 Å². The highest BCUT2D eigenvalue weighted by molar-refractivity contribution is 9.10. The number of nitrogens with zero attached hydrogens (tertiary/aromatic N) is 2. The van der Waals surface area contributed by atoms with E-state index in [9.17, 15) is 4.79 Å². The zero-order chi connectivity index (χ0) is 15.3. The Kier molecular flexibility index (Phi) is 5.81. The van der Waals surface area contributed by atoms with Gasteiger partial charge in [0.15, 0.2) is 0 Å². The van der Waals surface area contributed by atoms with Gasteiger partial charge in [0.05, 0.1) is 23.3 Å². The Morgan fingerprint density at radius 1 is 1.62 bits per heavy atom. The van der Waals surface area contributed by atoms with Gasteiger partial charge in [-0.1, -0.05) is 6.92 Å². The minimum atomic E-state index is -0.562. The Morgan fingerprint density at radius 2 is 2.43 bits per heavy atom. The van der Waals surface area contributed by atoms with Gasteiger partial charge in [-0.25, -0.2) is 0 Å². The van der Waals surface area contributed by atoms with E-state index in [-0.39, 0.29) is 12.0 Å². The number of carbonyl (C=O) groups excluding carboxylic acids is 1. The maximum Gasteiger partial charge on any atom is 0.326 e. The largest absolute Gasteiger partial charge is 0.465 e. The van der Waals surface area contributed by atoms with E-state index in [0.717, 1.165) is 43.1 Å². The molecule has 1 fully saturated rings. The molecule has 0 bridgehead atoms. The molecule has 21 heavy (non-hydrogen) atoms. The fraction of sp³-hybridized carbons (Fsp3) is 0.733. The first-order valence-electron chi connectivity index (χ1n) is 7.73. The van der Waals surface area contributed by atoms with Gasteiger partial charge in [-0.2, -0.15) is 5.10 Å². The summed E-state index contributed by atoms with van der Waals surface area (Å²) in [7, 11) is 0. The molecule has 1 aliphatic rings. The minimum absolute atomic E-state index is 0.116. The molecule has 2 rings (SSSR count). The molecular weight excluding hydrogens is 334 g/mol. The fourth-order valence-electron chi connectivity index (χ4n) is 3.04. The number of halogens is 1. The summed E-state index contributed by atoms with van der Waals surface area (Å²) in [5.41, 5.74) is -0.562. The van der Waals surface area contributed by atoms with Crippen LogP contribution in [0.2, 0.25) is 0 Å². The Morgan fingerprint density at radius 3 is 3.05 bits per heavy atom. The Hall–Kier alpha value is -0.880. The van der Waals surface area contributed by atoms with Crippen LogP contribution >= 0.6 is 15.9 Å². The molecule has 0 spiro atoms. The predicted octanol–water partition coefficient (Wildman–Crippen LogP) is 3.06. The average molecular weight is 358 g/mol. The Bertz CT molecular complexity index is 477. The lowest BCUT2D eigenvalue weighted by atomic mass is 9.78. The van der Waals surface area contributed by atoms with Crippen molar-refractivity contribution in [1.29, 1.82) is 0 Å². The van der Waals surface area contributed by atoms with Gasteiger partial charge in [0, 0.05) is 6.20 Å². The highest BCUT2D eigenvalue weighted by Crippen LogP contribution is 2.36. The van der Waals surface area contributed by atoms with E-state index in [1.807, 2.05) is 17.8 Å². The highest BCUT2D eigenvalue weighted by Gasteiger charge is 2.44. The van der Waals surface area contributed by atoms with Crippen LogP contribution in [0.25, 0.3) is 0 Å². The monoisotopic (exact) mass is 357 g/mol. The minimum Gasteiger partial charge on any atom is -0.465 e. The Labute approximate surface area is 134 Å². The maximum absolute atomic E-state index is 12.5. The number of esters is 1. The SMILES string of the molecule is CCCNC1(C(=O)OCC)CCCC(n2cc(Br)cn2)C1. The quantitative estimate of drug-likeness (QED) is 0.794. The lowest BCUT2D eigenvalue weighted by Crippen LogP contribution is -2.56. The van der Waals surface area contributed by atoms with Gasteiger partial charge in [0.2, 0.25) is 0 Å². The van der Waals surface area contributed by atoms with E-state index in [0.29, 0.717) is 6.61 Å².